The highest BCUT2D eigenvalue weighted by Crippen LogP contribution is 2.20. The maximum atomic E-state index is 11.8. The number of esters is 1. The number of unbranched alkanes of at least 4 members (excludes halogenated alkanes) is 7. The summed E-state index contributed by atoms with van der Waals surface area (Å²) < 4.78 is 5.59. The van der Waals surface area contributed by atoms with Crippen LogP contribution < -0.4 is 0 Å². The number of rotatable bonds is 10. The second-order valence-electron chi connectivity index (χ2n) is 6.33. The van der Waals surface area contributed by atoms with Crippen molar-refractivity contribution in [1.29, 1.82) is 0 Å². The van der Waals surface area contributed by atoms with Crippen molar-refractivity contribution in [3.8, 4) is 0 Å². The minimum Gasteiger partial charge on any atom is -0.462 e. The van der Waals surface area contributed by atoms with Crippen molar-refractivity contribution in [3.05, 3.63) is 0 Å². The third-order valence-corrected chi connectivity index (χ3v) is 4.33. The summed E-state index contributed by atoms with van der Waals surface area (Å²) in [6, 6.07) is 0. The van der Waals surface area contributed by atoms with Crippen LogP contribution in [0.4, 0.5) is 0 Å². The molecule has 20 heavy (non-hydrogen) atoms. The molecule has 2 heteroatoms. The van der Waals surface area contributed by atoms with Crippen molar-refractivity contribution in [2.75, 3.05) is 0 Å². The molecule has 1 fully saturated rings. The van der Waals surface area contributed by atoms with Gasteiger partial charge >= 0.3 is 5.97 Å². The molecule has 0 aromatic rings. The molecule has 0 spiro atoms. The van der Waals surface area contributed by atoms with Gasteiger partial charge in [0.05, 0.1) is 0 Å². The lowest BCUT2D eigenvalue weighted by atomic mass is 10.1. The van der Waals surface area contributed by atoms with Crippen LogP contribution in [0.2, 0.25) is 0 Å². The summed E-state index contributed by atoms with van der Waals surface area (Å²) in [5, 5.41) is 0. The maximum Gasteiger partial charge on any atom is 0.306 e. The Kier molecular flexibility index (Phi) is 10.7. The zero-order valence-electron chi connectivity index (χ0n) is 13.5. The van der Waals surface area contributed by atoms with Gasteiger partial charge in [-0.1, -0.05) is 64.7 Å². The van der Waals surface area contributed by atoms with E-state index in [0.29, 0.717) is 6.42 Å². The summed E-state index contributed by atoms with van der Waals surface area (Å²) in [5.41, 5.74) is 0. The summed E-state index contributed by atoms with van der Waals surface area (Å²) in [6.07, 6.45) is 18.3. The van der Waals surface area contributed by atoms with E-state index >= 15 is 0 Å². The second kappa shape index (κ2) is 12.2. The molecule has 0 N–H and O–H groups in total. The molecule has 1 saturated carbocycles. The van der Waals surface area contributed by atoms with E-state index in [1.165, 1.54) is 70.6 Å². The average Bonchev–Trinajstić information content (AvgIpc) is 2.70. The molecule has 0 atom stereocenters. The van der Waals surface area contributed by atoms with Gasteiger partial charge in [0.1, 0.15) is 6.10 Å². The summed E-state index contributed by atoms with van der Waals surface area (Å²) in [6.45, 7) is 2.25. The predicted octanol–water partition coefficient (Wildman–Crippen LogP) is 5.78. The minimum atomic E-state index is 0.0443. The van der Waals surface area contributed by atoms with E-state index in [1.807, 2.05) is 0 Å². The Labute approximate surface area is 125 Å². The van der Waals surface area contributed by atoms with Crippen LogP contribution in [0.15, 0.2) is 0 Å². The molecule has 0 unspecified atom stereocenters. The van der Waals surface area contributed by atoms with Crippen LogP contribution in [0, 0.1) is 0 Å². The molecule has 0 radical (unpaired) electrons. The summed E-state index contributed by atoms with van der Waals surface area (Å²) in [4.78, 5) is 11.8. The quantitative estimate of drug-likeness (QED) is 0.288. The van der Waals surface area contributed by atoms with Gasteiger partial charge in [0, 0.05) is 6.42 Å². The fourth-order valence-corrected chi connectivity index (χ4v) is 3.01. The standard InChI is InChI=1S/C18H34O2/c1-2-3-4-5-6-7-8-13-16-18(19)20-17-14-11-9-10-12-15-17/h17H,2-16H2,1H3. The fraction of sp³-hybridized carbons (Fsp3) is 0.944. The van der Waals surface area contributed by atoms with Crippen molar-refractivity contribution >= 4 is 5.97 Å². The van der Waals surface area contributed by atoms with Gasteiger partial charge in [-0.05, 0) is 32.1 Å². The third-order valence-electron chi connectivity index (χ3n) is 4.33. The van der Waals surface area contributed by atoms with E-state index in [1.54, 1.807) is 0 Å². The predicted molar refractivity (Wildman–Crippen MR) is 84.8 cm³/mol. The zero-order chi connectivity index (χ0) is 14.5. The molecule has 0 heterocycles. The van der Waals surface area contributed by atoms with Gasteiger partial charge in [-0.25, -0.2) is 0 Å². The van der Waals surface area contributed by atoms with E-state index in [4.69, 9.17) is 4.74 Å². The van der Waals surface area contributed by atoms with E-state index in [-0.39, 0.29) is 12.1 Å². The number of hydrogen-bond acceptors (Lipinski definition) is 2. The molecule has 0 amide bonds. The second-order valence-corrected chi connectivity index (χ2v) is 6.33. The van der Waals surface area contributed by atoms with Crippen LogP contribution in [0.1, 0.15) is 103 Å². The van der Waals surface area contributed by atoms with Crippen LogP contribution in [0.5, 0.6) is 0 Å². The molecule has 0 aromatic carbocycles. The zero-order valence-corrected chi connectivity index (χ0v) is 13.5. The Morgan fingerprint density at radius 1 is 0.850 bits per heavy atom. The lowest BCUT2D eigenvalue weighted by Crippen LogP contribution is -2.17. The maximum absolute atomic E-state index is 11.8. The first-order valence-electron chi connectivity index (χ1n) is 9.02. The lowest BCUT2D eigenvalue weighted by molar-refractivity contribution is -0.149. The first-order valence-corrected chi connectivity index (χ1v) is 9.02. The van der Waals surface area contributed by atoms with Gasteiger partial charge in [0.2, 0.25) is 0 Å². The minimum absolute atomic E-state index is 0.0443. The van der Waals surface area contributed by atoms with E-state index < -0.39 is 0 Å². The van der Waals surface area contributed by atoms with Crippen molar-refractivity contribution in [3.63, 3.8) is 0 Å². The van der Waals surface area contributed by atoms with Gasteiger partial charge in [-0.3, -0.25) is 4.79 Å². The van der Waals surface area contributed by atoms with E-state index in [9.17, 15) is 4.79 Å². The Hall–Kier alpha value is -0.530. The molecule has 0 aliphatic heterocycles. The SMILES string of the molecule is CCCCCCCCCCC(=O)OC1CCCCCC1. The summed E-state index contributed by atoms with van der Waals surface area (Å²) >= 11 is 0. The van der Waals surface area contributed by atoms with Gasteiger partial charge in [0.25, 0.3) is 0 Å². The molecular weight excluding hydrogens is 248 g/mol. The van der Waals surface area contributed by atoms with Crippen LogP contribution in [0.25, 0.3) is 0 Å². The van der Waals surface area contributed by atoms with Crippen molar-refractivity contribution < 1.29 is 9.53 Å². The number of hydrogen-bond donors (Lipinski definition) is 0. The van der Waals surface area contributed by atoms with Crippen molar-refractivity contribution in [2.45, 2.75) is 109 Å². The van der Waals surface area contributed by atoms with Gasteiger partial charge in [0.15, 0.2) is 0 Å². The van der Waals surface area contributed by atoms with Crippen LogP contribution in [0.3, 0.4) is 0 Å². The molecule has 1 aliphatic carbocycles. The first kappa shape index (κ1) is 17.5. The number of carbonyl (C=O) groups is 1. The largest absolute Gasteiger partial charge is 0.462 e. The van der Waals surface area contributed by atoms with Gasteiger partial charge in [-0.15, -0.1) is 0 Å². The molecule has 1 aliphatic rings. The first-order chi connectivity index (χ1) is 9.83. The molecule has 0 bridgehead atoms. The Morgan fingerprint density at radius 3 is 2.00 bits per heavy atom. The topological polar surface area (TPSA) is 26.3 Å². The molecule has 118 valence electrons. The average molecular weight is 282 g/mol. The van der Waals surface area contributed by atoms with Crippen molar-refractivity contribution in [2.24, 2.45) is 0 Å². The highest BCUT2D eigenvalue weighted by atomic mass is 16.5. The van der Waals surface area contributed by atoms with Crippen LogP contribution in [-0.2, 0) is 9.53 Å². The van der Waals surface area contributed by atoms with Crippen LogP contribution >= 0.6 is 0 Å². The molecule has 2 nitrogen and oxygen atoms in total. The lowest BCUT2D eigenvalue weighted by Gasteiger charge is -2.15. The Bertz CT molecular complexity index is 230. The number of ether oxygens (including phenoxy) is 1. The smallest absolute Gasteiger partial charge is 0.306 e. The van der Waals surface area contributed by atoms with Gasteiger partial charge in [-0.2, -0.15) is 0 Å². The fourth-order valence-electron chi connectivity index (χ4n) is 3.01. The summed E-state index contributed by atoms with van der Waals surface area (Å²) in [5.74, 6) is 0.0443. The van der Waals surface area contributed by atoms with E-state index in [2.05, 4.69) is 6.92 Å². The third kappa shape index (κ3) is 9.39. The normalized spacial score (nSPS) is 16.9. The highest BCUT2D eigenvalue weighted by molar-refractivity contribution is 5.69. The molecule has 1 rings (SSSR count). The molecule has 0 aromatic heterocycles. The highest BCUT2D eigenvalue weighted by Gasteiger charge is 2.16. The molecular formula is C18H34O2. The van der Waals surface area contributed by atoms with Gasteiger partial charge < -0.3 is 4.74 Å². The van der Waals surface area contributed by atoms with E-state index in [0.717, 1.165) is 19.3 Å². The Morgan fingerprint density at radius 2 is 1.40 bits per heavy atom. The van der Waals surface area contributed by atoms with Crippen molar-refractivity contribution in [1.82, 2.24) is 0 Å². The van der Waals surface area contributed by atoms with Crippen LogP contribution in [-0.4, -0.2) is 12.1 Å². The number of carbonyl (C=O) groups excluding carboxylic acids is 1. The molecule has 0 saturated heterocycles. The Balaban J connectivity index is 1.91. The monoisotopic (exact) mass is 282 g/mol. The summed E-state index contributed by atoms with van der Waals surface area (Å²) in [7, 11) is 0.